The van der Waals surface area contributed by atoms with E-state index in [2.05, 4.69) is 18.7 Å². The van der Waals surface area contributed by atoms with Crippen LogP contribution in [-0.4, -0.2) is 27.5 Å². The summed E-state index contributed by atoms with van der Waals surface area (Å²) >= 11 is 0.104. The molecule has 0 amide bonds. The predicted molar refractivity (Wildman–Crippen MR) is 71.6 cm³/mol. The van der Waals surface area contributed by atoms with E-state index in [9.17, 15) is 4.79 Å². The van der Waals surface area contributed by atoms with Gasteiger partial charge in [0.2, 0.25) is 0 Å². The zero-order valence-electron chi connectivity index (χ0n) is 10.3. The molecule has 0 N–H and O–H groups in total. The van der Waals surface area contributed by atoms with Gasteiger partial charge in [-0.2, -0.15) is 0 Å². The van der Waals surface area contributed by atoms with Crippen LogP contribution in [-0.2, 0) is 9.53 Å². The number of carbonyl (C=O) groups excluding carboxylic acids is 1. The van der Waals surface area contributed by atoms with Gasteiger partial charge in [-0.25, -0.2) is 0 Å². The van der Waals surface area contributed by atoms with E-state index in [1.807, 2.05) is 32.0 Å². The summed E-state index contributed by atoms with van der Waals surface area (Å²) in [4.78, 5) is 11.8. The number of hydrogen-bond acceptors (Lipinski definition) is 2. The number of allylic oxidation sites excluding steroid dienone is 1. The van der Waals surface area contributed by atoms with E-state index in [0.717, 1.165) is 5.57 Å². The molecule has 0 spiro atoms. The minimum atomic E-state index is -0.0978. The molecule has 1 atom stereocenters. The van der Waals surface area contributed by atoms with Crippen LogP contribution in [0.1, 0.15) is 20.3 Å². The number of ether oxygens (including phenoxy) is 1. The standard InChI is InChI=1S/C14H18O2Se/c1-4-16-14(15)13(10-11(2)3)17-12-8-6-5-7-9-12/h5-9,13H,2,4,10H2,1,3H3. The monoisotopic (exact) mass is 298 g/mol. The normalized spacial score (nSPS) is 11.9. The molecule has 17 heavy (non-hydrogen) atoms. The molecule has 0 aliphatic heterocycles. The van der Waals surface area contributed by atoms with Crippen LogP contribution >= 0.6 is 0 Å². The predicted octanol–water partition coefficient (Wildman–Crippen LogP) is 2.33. The molecule has 1 unspecified atom stereocenters. The van der Waals surface area contributed by atoms with Gasteiger partial charge < -0.3 is 0 Å². The van der Waals surface area contributed by atoms with Crippen molar-refractivity contribution in [3.63, 3.8) is 0 Å². The first kappa shape index (κ1) is 14.0. The molecule has 0 aliphatic carbocycles. The van der Waals surface area contributed by atoms with Crippen LogP contribution in [0.15, 0.2) is 42.5 Å². The van der Waals surface area contributed by atoms with Crippen LogP contribution in [0.3, 0.4) is 0 Å². The Balaban J connectivity index is 2.70. The van der Waals surface area contributed by atoms with Crippen LogP contribution < -0.4 is 4.46 Å². The molecule has 0 aliphatic rings. The summed E-state index contributed by atoms with van der Waals surface area (Å²) < 4.78 is 6.33. The molecule has 0 aromatic heterocycles. The molecule has 92 valence electrons. The molecule has 0 saturated heterocycles. The van der Waals surface area contributed by atoms with Crippen LogP contribution in [0.2, 0.25) is 4.82 Å². The van der Waals surface area contributed by atoms with E-state index in [-0.39, 0.29) is 25.7 Å². The number of benzene rings is 1. The van der Waals surface area contributed by atoms with E-state index >= 15 is 0 Å². The molecule has 3 heteroatoms. The van der Waals surface area contributed by atoms with Crippen molar-refractivity contribution in [1.82, 2.24) is 0 Å². The van der Waals surface area contributed by atoms with E-state index in [0.29, 0.717) is 13.0 Å². The summed E-state index contributed by atoms with van der Waals surface area (Å²) in [7, 11) is 0. The van der Waals surface area contributed by atoms with Crippen LogP contribution in [0.5, 0.6) is 0 Å². The first-order valence-electron chi connectivity index (χ1n) is 5.66. The molecule has 1 aromatic carbocycles. The average molecular weight is 297 g/mol. The van der Waals surface area contributed by atoms with Crippen molar-refractivity contribution >= 4 is 25.4 Å². The summed E-state index contributed by atoms with van der Waals surface area (Å²) in [5.74, 6) is -0.0978. The fourth-order valence-corrected chi connectivity index (χ4v) is 3.85. The van der Waals surface area contributed by atoms with Gasteiger partial charge in [-0.1, -0.05) is 0 Å². The van der Waals surface area contributed by atoms with Crippen molar-refractivity contribution in [3.05, 3.63) is 42.5 Å². The SMILES string of the molecule is C=C(C)CC([Se]c1ccccc1)C(=O)OCC. The van der Waals surface area contributed by atoms with Crippen LogP contribution in [0.4, 0.5) is 0 Å². The van der Waals surface area contributed by atoms with Crippen molar-refractivity contribution < 1.29 is 9.53 Å². The molecule has 1 aromatic rings. The van der Waals surface area contributed by atoms with E-state index < -0.39 is 0 Å². The summed E-state index contributed by atoms with van der Waals surface area (Å²) in [6, 6.07) is 10.1. The molecule has 0 heterocycles. The average Bonchev–Trinajstić information content (AvgIpc) is 2.29. The Kier molecular flexibility index (Phi) is 6.02. The van der Waals surface area contributed by atoms with Crippen molar-refractivity contribution in [2.75, 3.05) is 6.61 Å². The molecule has 0 bridgehead atoms. The van der Waals surface area contributed by atoms with Crippen molar-refractivity contribution in [3.8, 4) is 0 Å². The molecule has 0 fully saturated rings. The molecular weight excluding hydrogens is 279 g/mol. The minimum absolute atomic E-state index is 0.0534. The van der Waals surface area contributed by atoms with Gasteiger partial charge in [-0.15, -0.1) is 0 Å². The number of hydrogen-bond donors (Lipinski definition) is 0. The maximum absolute atomic E-state index is 11.8. The topological polar surface area (TPSA) is 26.3 Å². The summed E-state index contributed by atoms with van der Waals surface area (Å²) in [6.45, 7) is 8.11. The Hall–Kier alpha value is -1.05. The van der Waals surface area contributed by atoms with Gasteiger partial charge in [-0.05, 0) is 0 Å². The van der Waals surface area contributed by atoms with Gasteiger partial charge in [0.25, 0.3) is 0 Å². The van der Waals surface area contributed by atoms with E-state index in [1.165, 1.54) is 4.46 Å². The third-order valence-electron chi connectivity index (χ3n) is 2.10. The van der Waals surface area contributed by atoms with Crippen LogP contribution in [0, 0.1) is 0 Å². The Labute approximate surface area is 109 Å². The summed E-state index contributed by atoms with van der Waals surface area (Å²) in [5.41, 5.74) is 1.03. The Morgan fingerprint density at radius 1 is 1.41 bits per heavy atom. The Morgan fingerprint density at radius 3 is 2.59 bits per heavy atom. The summed E-state index contributed by atoms with van der Waals surface area (Å²) in [5, 5.41) is 0. The van der Waals surface area contributed by atoms with Gasteiger partial charge in [0, 0.05) is 0 Å². The van der Waals surface area contributed by atoms with Gasteiger partial charge in [0.05, 0.1) is 0 Å². The summed E-state index contributed by atoms with van der Waals surface area (Å²) in [6.07, 6.45) is 0.716. The van der Waals surface area contributed by atoms with Crippen molar-refractivity contribution in [2.45, 2.75) is 25.1 Å². The van der Waals surface area contributed by atoms with Gasteiger partial charge in [0.15, 0.2) is 0 Å². The van der Waals surface area contributed by atoms with Crippen molar-refractivity contribution in [2.24, 2.45) is 0 Å². The Morgan fingerprint density at radius 2 is 2.06 bits per heavy atom. The zero-order chi connectivity index (χ0) is 12.7. The maximum atomic E-state index is 11.8. The third-order valence-corrected chi connectivity index (χ3v) is 4.60. The Bertz CT molecular complexity index is 373. The second-order valence-electron chi connectivity index (χ2n) is 3.83. The third kappa shape index (κ3) is 5.20. The quantitative estimate of drug-likeness (QED) is 0.458. The molecular formula is C14H18O2Se. The molecule has 1 rings (SSSR count). The number of carbonyl (C=O) groups is 1. The first-order chi connectivity index (χ1) is 8.13. The van der Waals surface area contributed by atoms with E-state index in [4.69, 9.17) is 4.74 Å². The fourth-order valence-electron chi connectivity index (χ4n) is 1.39. The number of rotatable bonds is 6. The zero-order valence-corrected chi connectivity index (χ0v) is 12.0. The van der Waals surface area contributed by atoms with Crippen LogP contribution in [0.25, 0.3) is 0 Å². The number of esters is 1. The molecule has 2 nitrogen and oxygen atoms in total. The van der Waals surface area contributed by atoms with Gasteiger partial charge >= 0.3 is 109 Å². The van der Waals surface area contributed by atoms with Gasteiger partial charge in [0.1, 0.15) is 0 Å². The first-order valence-corrected chi connectivity index (χ1v) is 7.50. The van der Waals surface area contributed by atoms with E-state index in [1.54, 1.807) is 0 Å². The second-order valence-corrected chi connectivity index (χ2v) is 6.51. The van der Waals surface area contributed by atoms with Gasteiger partial charge in [-0.3, -0.25) is 0 Å². The van der Waals surface area contributed by atoms with Crippen molar-refractivity contribution in [1.29, 1.82) is 0 Å². The fraction of sp³-hybridized carbons (Fsp3) is 0.357. The second kappa shape index (κ2) is 7.31. The molecule has 0 radical (unpaired) electrons. The molecule has 0 saturated carbocycles.